The summed E-state index contributed by atoms with van der Waals surface area (Å²) in [6.07, 6.45) is 1.14. The molecular weight excluding hydrogens is 268 g/mol. The van der Waals surface area contributed by atoms with Gasteiger partial charge in [0, 0.05) is 17.5 Å². The molecule has 0 aromatic heterocycles. The number of nitrogens with zero attached hydrogens (tertiary/aromatic N) is 1. The second-order valence-corrected chi connectivity index (χ2v) is 4.25. The Hall–Kier alpha value is -2.95. The Labute approximate surface area is 122 Å². The normalized spacial score (nSPS) is 12.0. The van der Waals surface area contributed by atoms with Crippen LogP contribution in [0.3, 0.4) is 0 Å². The maximum absolute atomic E-state index is 12.0. The smallest absolute Gasteiger partial charge is 0.135 e. The summed E-state index contributed by atoms with van der Waals surface area (Å²) in [5, 5.41) is 27.8. The molecule has 0 spiro atoms. The van der Waals surface area contributed by atoms with Gasteiger partial charge in [0.2, 0.25) is 0 Å². The van der Waals surface area contributed by atoms with Crippen molar-refractivity contribution < 1.29 is 9.84 Å². The van der Waals surface area contributed by atoms with E-state index >= 15 is 0 Å². The number of rotatable bonds is 5. The summed E-state index contributed by atoms with van der Waals surface area (Å²) in [6.45, 7) is 1.56. The number of nitrogens with one attached hydrogen (secondary N) is 1. The van der Waals surface area contributed by atoms with Gasteiger partial charge in [-0.15, -0.1) is 0 Å². The maximum Gasteiger partial charge on any atom is 0.135 e. The minimum atomic E-state index is -0.352. The van der Waals surface area contributed by atoms with E-state index in [0.29, 0.717) is 17.0 Å². The van der Waals surface area contributed by atoms with Crippen LogP contribution < -0.4 is 15.2 Å². The average Bonchev–Trinajstić information content (AvgIpc) is 2.50. The number of ether oxygens (including phenoxy) is 1. The molecule has 0 atom stereocenters. The topological polar surface area (TPSA) is 79.7 Å². The van der Waals surface area contributed by atoms with Gasteiger partial charge in [-0.3, -0.25) is 0 Å². The van der Waals surface area contributed by atoms with Crippen LogP contribution in [-0.4, -0.2) is 6.21 Å². The third-order valence-electron chi connectivity index (χ3n) is 2.73. The molecule has 5 nitrogen and oxygen atoms in total. The highest BCUT2D eigenvalue weighted by Gasteiger charge is 2.02. The van der Waals surface area contributed by atoms with E-state index in [4.69, 9.17) is 4.74 Å². The lowest BCUT2D eigenvalue weighted by Crippen LogP contribution is -2.18. The van der Waals surface area contributed by atoms with Crippen molar-refractivity contribution in [2.45, 2.75) is 6.92 Å². The lowest BCUT2D eigenvalue weighted by Gasteiger charge is -2.19. The summed E-state index contributed by atoms with van der Waals surface area (Å²) in [4.78, 5) is 0. The predicted octanol–water partition coefficient (Wildman–Crippen LogP) is 2.64. The third-order valence-corrected chi connectivity index (χ3v) is 2.73. The molecule has 0 heterocycles. The number of benzene rings is 2. The van der Waals surface area contributed by atoms with Crippen LogP contribution in [0.1, 0.15) is 12.5 Å². The summed E-state index contributed by atoms with van der Waals surface area (Å²) in [5.74, 6) is 0.221. The number of para-hydroxylation sites is 2. The SMILES string of the molecule is CC(Oc1ccccc1C=N[O-])=C([O-])Nc1ccccc1. The van der Waals surface area contributed by atoms with Crippen molar-refractivity contribution in [2.24, 2.45) is 5.16 Å². The van der Waals surface area contributed by atoms with Gasteiger partial charge in [-0.25, -0.2) is 0 Å². The van der Waals surface area contributed by atoms with Crippen LogP contribution in [0, 0.1) is 5.21 Å². The molecule has 0 aliphatic carbocycles. The quantitative estimate of drug-likeness (QED) is 0.519. The van der Waals surface area contributed by atoms with Crippen molar-refractivity contribution in [1.82, 2.24) is 0 Å². The number of hydrogen-bond donors (Lipinski definition) is 1. The predicted molar refractivity (Wildman–Crippen MR) is 80.8 cm³/mol. The van der Waals surface area contributed by atoms with Crippen LogP contribution in [0.5, 0.6) is 5.75 Å². The lowest BCUT2D eigenvalue weighted by molar-refractivity contribution is -0.303. The molecule has 0 amide bonds. The van der Waals surface area contributed by atoms with Gasteiger partial charge in [0.15, 0.2) is 0 Å². The standard InChI is InChI=1S/C16H16N2O3/c1-12(16(19)18-14-8-3-2-4-9-14)21-15-10-6-5-7-13(15)11-17-20/h2-11,18-20H,1H3/p-2. The summed E-state index contributed by atoms with van der Waals surface area (Å²) < 4.78 is 5.51. The molecular formula is C16H14N2O3-2. The maximum atomic E-state index is 12.0. The van der Waals surface area contributed by atoms with E-state index in [1.54, 1.807) is 43.3 Å². The van der Waals surface area contributed by atoms with Gasteiger partial charge in [-0.1, -0.05) is 30.3 Å². The molecule has 2 rings (SSSR count). The fourth-order valence-corrected chi connectivity index (χ4v) is 1.69. The van der Waals surface area contributed by atoms with Gasteiger partial charge in [0.1, 0.15) is 11.5 Å². The van der Waals surface area contributed by atoms with E-state index in [1.165, 1.54) is 0 Å². The van der Waals surface area contributed by atoms with E-state index in [9.17, 15) is 10.3 Å². The zero-order chi connectivity index (χ0) is 15.1. The first-order valence-corrected chi connectivity index (χ1v) is 6.33. The molecule has 2 aromatic rings. The Balaban J connectivity index is 2.16. The monoisotopic (exact) mass is 282 g/mol. The van der Waals surface area contributed by atoms with Crippen molar-refractivity contribution >= 4 is 11.9 Å². The Bertz CT molecular complexity index is 652. The van der Waals surface area contributed by atoms with Crippen LogP contribution in [0.4, 0.5) is 5.69 Å². The largest absolute Gasteiger partial charge is 0.858 e. The lowest BCUT2D eigenvalue weighted by atomic mass is 10.2. The summed E-state index contributed by atoms with van der Waals surface area (Å²) in [6, 6.07) is 15.9. The Morgan fingerprint density at radius 2 is 1.76 bits per heavy atom. The van der Waals surface area contributed by atoms with E-state index in [1.807, 2.05) is 18.2 Å². The fraction of sp³-hybridized carbons (Fsp3) is 0.0625. The Morgan fingerprint density at radius 1 is 1.10 bits per heavy atom. The fourth-order valence-electron chi connectivity index (χ4n) is 1.69. The molecule has 21 heavy (non-hydrogen) atoms. The highest BCUT2D eigenvalue weighted by molar-refractivity contribution is 5.83. The first-order chi connectivity index (χ1) is 10.2. The van der Waals surface area contributed by atoms with E-state index in [2.05, 4.69) is 10.5 Å². The highest BCUT2D eigenvalue weighted by atomic mass is 16.5. The zero-order valence-corrected chi connectivity index (χ0v) is 11.4. The number of anilines is 1. The average molecular weight is 282 g/mol. The van der Waals surface area contributed by atoms with E-state index in [0.717, 1.165) is 6.21 Å². The summed E-state index contributed by atoms with van der Waals surface area (Å²) in [7, 11) is 0. The molecule has 2 aromatic carbocycles. The van der Waals surface area contributed by atoms with Crippen LogP contribution in [0.2, 0.25) is 0 Å². The minimum absolute atomic E-state index is 0.172. The van der Waals surface area contributed by atoms with Crippen molar-refractivity contribution in [3.8, 4) is 5.75 Å². The first kappa shape index (κ1) is 14.5. The van der Waals surface area contributed by atoms with Gasteiger partial charge in [-0.05, 0) is 37.1 Å². The zero-order valence-electron chi connectivity index (χ0n) is 11.4. The molecule has 0 aliphatic rings. The van der Waals surface area contributed by atoms with Crippen molar-refractivity contribution in [1.29, 1.82) is 0 Å². The minimum Gasteiger partial charge on any atom is -0.858 e. The molecule has 0 aliphatic heterocycles. The van der Waals surface area contributed by atoms with Crippen molar-refractivity contribution in [2.75, 3.05) is 5.32 Å². The second-order valence-electron chi connectivity index (χ2n) is 4.25. The molecule has 108 valence electrons. The highest BCUT2D eigenvalue weighted by Crippen LogP contribution is 2.19. The third kappa shape index (κ3) is 4.01. The van der Waals surface area contributed by atoms with Crippen LogP contribution in [-0.2, 0) is 0 Å². The van der Waals surface area contributed by atoms with Crippen molar-refractivity contribution in [3.05, 3.63) is 77.0 Å². The molecule has 0 radical (unpaired) electrons. The summed E-state index contributed by atoms with van der Waals surface area (Å²) in [5.41, 5.74) is 1.19. The van der Waals surface area contributed by atoms with Gasteiger partial charge in [-0.2, -0.15) is 0 Å². The van der Waals surface area contributed by atoms with E-state index in [-0.39, 0.29) is 11.6 Å². The first-order valence-electron chi connectivity index (χ1n) is 6.33. The second kappa shape index (κ2) is 7.00. The molecule has 0 fully saturated rings. The Kier molecular flexibility index (Phi) is 4.82. The van der Waals surface area contributed by atoms with Gasteiger partial charge < -0.3 is 25.5 Å². The Morgan fingerprint density at radius 3 is 2.48 bits per heavy atom. The van der Waals surface area contributed by atoms with Gasteiger partial charge >= 0.3 is 0 Å². The van der Waals surface area contributed by atoms with Gasteiger partial charge in [0.25, 0.3) is 0 Å². The molecule has 1 N–H and O–H groups in total. The van der Waals surface area contributed by atoms with E-state index < -0.39 is 0 Å². The summed E-state index contributed by atoms with van der Waals surface area (Å²) >= 11 is 0. The molecule has 0 bridgehead atoms. The molecule has 0 unspecified atom stereocenters. The number of hydrogen-bond acceptors (Lipinski definition) is 5. The van der Waals surface area contributed by atoms with Gasteiger partial charge in [0.05, 0.1) is 0 Å². The van der Waals surface area contributed by atoms with Crippen molar-refractivity contribution in [3.63, 3.8) is 0 Å². The molecule has 0 saturated carbocycles. The van der Waals surface area contributed by atoms with Crippen LogP contribution >= 0.6 is 0 Å². The van der Waals surface area contributed by atoms with Crippen LogP contribution in [0.25, 0.3) is 0 Å². The molecule has 5 heteroatoms. The van der Waals surface area contributed by atoms with Crippen LogP contribution in [0.15, 0.2) is 71.4 Å². The number of allylic oxidation sites excluding steroid dienone is 1. The molecule has 0 saturated heterocycles.